The van der Waals surface area contributed by atoms with Gasteiger partial charge in [-0.25, -0.2) is 9.78 Å². The number of carbonyl (C=O) groups is 2. The fourth-order valence-electron chi connectivity index (χ4n) is 3.82. The smallest absolute Gasteiger partial charge is 0.346 e. The summed E-state index contributed by atoms with van der Waals surface area (Å²) in [4.78, 5) is 38.3. The van der Waals surface area contributed by atoms with Crippen molar-refractivity contribution in [3.05, 3.63) is 74.4 Å². The number of aryl methyl sites for hydroxylation is 1. The molecule has 0 saturated heterocycles. The minimum Gasteiger partial charge on any atom is -0.466 e. The van der Waals surface area contributed by atoms with Crippen molar-refractivity contribution in [2.75, 3.05) is 7.11 Å². The second-order valence-electron chi connectivity index (χ2n) is 7.78. The van der Waals surface area contributed by atoms with Crippen LogP contribution >= 0.6 is 31.9 Å². The van der Waals surface area contributed by atoms with E-state index in [2.05, 4.69) is 51.1 Å². The number of carbonyl (C=O) groups excluding carboxylic acids is 2. The van der Waals surface area contributed by atoms with Crippen LogP contribution in [0.2, 0.25) is 0 Å². The number of nitrogens with zero attached hydrogens (tertiary/aromatic N) is 4. The van der Waals surface area contributed by atoms with Crippen LogP contribution < -0.4 is 0 Å². The SMILES string of the molecule is COC(=O)C(C)OC(=O)CC[C@@H]1N=C(c2ccccn2)c2cc(Br)c(Br)cc2-n2c(C)cnc21. The summed E-state index contributed by atoms with van der Waals surface area (Å²) in [6.07, 6.45) is 2.94. The van der Waals surface area contributed by atoms with Crippen molar-refractivity contribution in [3.63, 3.8) is 0 Å². The molecule has 176 valence electrons. The quantitative estimate of drug-likeness (QED) is 0.380. The van der Waals surface area contributed by atoms with E-state index in [4.69, 9.17) is 9.73 Å². The number of methoxy groups -OCH3 is 1. The molecular weight excluding hydrogens is 568 g/mol. The van der Waals surface area contributed by atoms with Crippen LogP contribution in [0.1, 0.15) is 48.6 Å². The molecule has 2 aromatic heterocycles. The number of fused-ring (bicyclic) bond motifs is 3. The summed E-state index contributed by atoms with van der Waals surface area (Å²) in [5.74, 6) is -0.390. The fourth-order valence-corrected chi connectivity index (χ4v) is 4.50. The summed E-state index contributed by atoms with van der Waals surface area (Å²) in [5.41, 5.74) is 4.16. The fraction of sp³-hybridized carbons (Fsp3) is 0.292. The van der Waals surface area contributed by atoms with Crippen molar-refractivity contribution in [2.45, 2.75) is 38.8 Å². The molecule has 0 radical (unpaired) electrons. The molecule has 8 nitrogen and oxygen atoms in total. The Balaban J connectivity index is 1.76. The highest BCUT2D eigenvalue weighted by Gasteiger charge is 2.29. The Hall–Kier alpha value is -2.85. The molecule has 1 aliphatic heterocycles. The highest BCUT2D eigenvalue weighted by Crippen LogP contribution is 2.37. The van der Waals surface area contributed by atoms with Gasteiger partial charge in [-0.3, -0.25) is 19.3 Å². The van der Waals surface area contributed by atoms with Crippen molar-refractivity contribution in [3.8, 4) is 5.69 Å². The first-order valence-corrected chi connectivity index (χ1v) is 12.2. The lowest BCUT2D eigenvalue weighted by molar-refractivity contribution is -0.164. The summed E-state index contributed by atoms with van der Waals surface area (Å²) in [6.45, 7) is 3.46. The largest absolute Gasteiger partial charge is 0.466 e. The van der Waals surface area contributed by atoms with E-state index in [1.165, 1.54) is 14.0 Å². The second kappa shape index (κ2) is 10.2. The first-order chi connectivity index (χ1) is 16.3. The lowest BCUT2D eigenvalue weighted by Crippen LogP contribution is -2.25. The first-order valence-electron chi connectivity index (χ1n) is 10.6. The van der Waals surface area contributed by atoms with Crippen molar-refractivity contribution >= 4 is 49.5 Å². The number of halogens is 2. The van der Waals surface area contributed by atoms with E-state index >= 15 is 0 Å². The Bertz CT molecular complexity index is 1270. The number of ether oxygens (including phenoxy) is 2. The van der Waals surface area contributed by atoms with Crippen molar-refractivity contribution in [1.82, 2.24) is 14.5 Å². The lowest BCUT2D eigenvalue weighted by Gasteiger charge is -2.15. The zero-order chi connectivity index (χ0) is 24.4. The van der Waals surface area contributed by atoms with Crippen molar-refractivity contribution in [1.29, 1.82) is 0 Å². The van der Waals surface area contributed by atoms with Gasteiger partial charge < -0.3 is 9.47 Å². The number of esters is 2. The van der Waals surface area contributed by atoms with E-state index in [-0.39, 0.29) is 6.42 Å². The van der Waals surface area contributed by atoms with Crippen molar-refractivity contribution in [2.24, 2.45) is 4.99 Å². The molecule has 1 aromatic carbocycles. The maximum absolute atomic E-state index is 12.4. The van der Waals surface area contributed by atoms with E-state index in [1.807, 2.05) is 37.3 Å². The average Bonchev–Trinajstić information content (AvgIpc) is 3.15. The summed E-state index contributed by atoms with van der Waals surface area (Å²) in [5, 5.41) is 0. The molecule has 0 amide bonds. The summed E-state index contributed by atoms with van der Waals surface area (Å²) >= 11 is 7.22. The summed E-state index contributed by atoms with van der Waals surface area (Å²) in [6, 6.07) is 9.26. The van der Waals surface area contributed by atoms with Gasteiger partial charge in [-0.2, -0.15) is 0 Å². The second-order valence-corrected chi connectivity index (χ2v) is 9.49. The van der Waals surface area contributed by atoms with Gasteiger partial charge in [0.2, 0.25) is 0 Å². The third-order valence-corrected chi connectivity index (χ3v) is 7.30. The van der Waals surface area contributed by atoms with E-state index in [1.54, 1.807) is 12.4 Å². The number of aromatic nitrogens is 3. The van der Waals surface area contributed by atoms with Gasteiger partial charge in [-0.05, 0) is 76.4 Å². The molecule has 0 aliphatic carbocycles. The van der Waals surface area contributed by atoms with Crippen LogP contribution in [-0.2, 0) is 19.1 Å². The molecule has 2 atom stereocenters. The van der Waals surface area contributed by atoms with Crippen LogP contribution in [0.3, 0.4) is 0 Å². The van der Waals surface area contributed by atoms with Crippen LogP contribution in [0.5, 0.6) is 0 Å². The third-order valence-electron chi connectivity index (χ3n) is 5.45. The Morgan fingerprint density at radius 1 is 1.18 bits per heavy atom. The Morgan fingerprint density at radius 3 is 2.65 bits per heavy atom. The molecule has 0 spiro atoms. The molecule has 0 N–H and O–H groups in total. The molecule has 10 heteroatoms. The van der Waals surface area contributed by atoms with Crippen LogP contribution in [0.15, 0.2) is 56.7 Å². The van der Waals surface area contributed by atoms with Crippen LogP contribution in [0.25, 0.3) is 5.69 Å². The number of hydrogen-bond acceptors (Lipinski definition) is 7. The number of pyridine rings is 1. The molecule has 0 fully saturated rings. The topological polar surface area (TPSA) is 95.7 Å². The number of benzene rings is 1. The van der Waals surface area contributed by atoms with E-state index in [0.717, 1.165) is 25.9 Å². The first kappa shape index (κ1) is 24.3. The average molecular weight is 590 g/mol. The molecule has 1 aliphatic rings. The molecular formula is C24H22Br2N4O4. The molecule has 0 saturated carbocycles. The maximum atomic E-state index is 12.4. The van der Waals surface area contributed by atoms with E-state index in [0.29, 0.717) is 23.7 Å². The highest BCUT2D eigenvalue weighted by atomic mass is 79.9. The molecule has 3 aromatic rings. The van der Waals surface area contributed by atoms with Crippen LogP contribution in [-0.4, -0.2) is 45.4 Å². The Kier molecular flexibility index (Phi) is 7.27. The van der Waals surface area contributed by atoms with Gasteiger partial charge in [0, 0.05) is 39.0 Å². The van der Waals surface area contributed by atoms with Gasteiger partial charge in [0.1, 0.15) is 11.9 Å². The molecule has 0 bridgehead atoms. The maximum Gasteiger partial charge on any atom is 0.346 e. The van der Waals surface area contributed by atoms with Crippen LogP contribution in [0, 0.1) is 6.92 Å². The normalized spacial score (nSPS) is 15.4. The Morgan fingerprint density at radius 2 is 1.94 bits per heavy atom. The molecule has 1 unspecified atom stereocenters. The Labute approximate surface area is 213 Å². The number of aliphatic imine (C=N–C) groups is 1. The standard InChI is InChI=1S/C24H22Br2N4O4/c1-13-12-28-23-19(7-8-21(31)34-14(2)24(32)33-3)29-22(18-6-4-5-9-27-18)15-10-16(25)17(26)11-20(15)30(13)23/h4-6,9-12,14,19H,7-8H2,1-3H3/t14?,19-/m0/s1. The molecule has 34 heavy (non-hydrogen) atoms. The van der Waals surface area contributed by atoms with Crippen LogP contribution in [0.4, 0.5) is 0 Å². The van der Waals surface area contributed by atoms with E-state index in [9.17, 15) is 9.59 Å². The van der Waals surface area contributed by atoms with Gasteiger partial charge in [0.25, 0.3) is 0 Å². The molecule has 4 rings (SSSR count). The van der Waals surface area contributed by atoms with Gasteiger partial charge >= 0.3 is 11.9 Å². The summed E-state index contributed by atoms with van der Waals surface area (Å²) < 4.78 is 13.7. The van der Waals surface area contributed by atoms with Gasteiger partial charge in [-0.15, -0.1) is 0 Å². The number of imidazole rings is 1. The summed E-state index contributed by atoms with van der Waals surface area (Å²) in [7, 11) is 1.25. The highest BCUT2D eigenvalue weighted by molar-refractivity contribution is 9.13. The zero-order valence-corrected chi connectivity index (χ0v) is 22.0. The van der Waals surface area contributed by atoms with Gasteiger partial charge in [-0.1, -0.05) is 6.07 Å². The lowest BCUT2D eigenvalue weighted by atomic mass is 10.0. The predicted octanol–water partition coefficient (Wildman–Crippen LogP) is 4.88. The van der Waals surface area contributed by atoms with Gasteiger partial charge in [0.05, 0.1) is 24.2 Å². The van der Waals surface area contributed by atoms with Gasteiger partial charge in [0.15, 0.2) is 6.10 Å². The van der Waals surface area contributed by atoms with Crippen molar-refractivity contribution < 1.29 is 19.1 Å². The number of hydrogen-bond donors (Lipinski definition) is 0. The predicted molar refractivity (Wildman–Crippen MR) is 133 cm³/mol. The molecule has 3 heterocycles. The monoisotopic (exact) mass is 588 g/mol. The third kappa shape index (κ3) is 4.83. The number of rotatable bonds is 6. The minimum atomic E-state index is -0.970. The zero-order valence-electron chi connectivity index (χ0n) is 18.8. The van der Waals surface area contributed by atoms with E-state index < -0.39 is 24.1 Å². The minimum absolute atomic E-state index is 0.0562.